The average Bonchev–Trinajstić information content (AvgIpc) is 1.47. The van der Waals surface area contributed by atoms with Gasteiger partial charge in [0.15, 0.2) is 0 Å². The first-order valence-electron chi connectivity index (χ1n) is 32.9. The third kappa shape index (κ3) is 3.72. The Morgan fingerprint density at radius 1 is 0.319 bits per heavy atom. The first-order chi connectivity index (χ1) is 45.2. The Kier molecular flexibility index (Phi) is 6.30. The predicted molar refractivity (Wildman–Crippen MR) is 354 cm³/mol. The molecular weight excluding hydrogens is 1100 g/mol. The van der Waals surface area contributed by atoms with E-state index in [0.717, 1.165) is 0 Å². The Labute approximate surface area is 518 Å². The van der Waals surface area contributed by atoms with Crippen molar-refractivity contribution in [1.82, 2.24) is 28.7 Å². The van der Waals surface area contributed by atoms with Crippen LogP contribution < -0.4 is 0 Å². The second-order valence-electron chi connectivity index (χ2n) is 29.1. The fourth-order valence-corrected chi connectivity index (χ4v) is 24.7. The Bertz CT molecular complexity index is 6580. The second kappa shape index (κ2) is 13.1. The number of benzene rings is 8. The molecule has 16 aromatic rings. The minimum absolute atomic E-state index is 0.00881. The quantitative estimate of drug-likeness (QED) is 0.152. The van der Waals surface area contributed by atoms with Gasteiger partial charge in [-0.2, -0.15) is 0 Å². The van der Waals surface area contributed by atoms with Crippen LogP contribution in [0, 0.1) is 0 Å². The number of nitrogens with zero attached hydrogens (tertiary/aromatic N) is 6. The Morgan fingerprint density at radius 3 is 1.20 bits per heavy atom. The molecule has 14 aliphatic carbocycles. The molecule has 14 aliphatic rings. The zero-order valence-electron chi connectivity index (χ0n) is 48.6. The van der Waals surface area contributed by atoms with Crippen molar-refractivity contribution in [3.63, 3.8) is 0 Å². The van der Waals surface area contributed by atoms with Crippen molar-refractivity contribution in [2.45, 2.75) is 63.1 Å². The van der Waals surface area contributed by atoms with Gasteiger partial charge in [0, 0.05) is 94.8 Å². The van der Waals surface area contributed by atoms with Crippen molar-refractivity contribution in [1.29, 1.82) is 0 Å². The first-order valence-corrected chi connectivity index (χ1v) is 32.9. The van der Waals surface area contributed by atoms with Gasteiger partial charge in [-0.05, 0) is 106 Å². The lowest BCUT2D eigenvalue weighted by Crippen LogP contribution is -2.59. The van der Waals surface area contributed by atoms with Gasteiger partial charge in [0.2, 0.25) is 0 Å². The highest BCUT2D eigenvalue weighted by atomic mass is 15.0. The SMILES string of the molecule is C1=CC2=CC3(C=C1)c1ncc4c(c1C1c5ccccc5C213)c1c2c3c5c(ncc3n3c6cnc7c(c6c(c6c8c9c(ncc8n4c61)C1c4ccccc4C9c4ccccc41)c23)C1c2ccccc2C12c1ccccc1C72)C1c2ccccc2C12c1ccccc1C52. The van der Waals surface area contributed by atoms with E-state index in [-0.39, 0.29) is 63.1 Å². The molecular formula is C85H44N6. The molecule has 30 rings (SSSR count). The smallest absolute Gasteiger partial charge is 0.0729 e. The first kappa shape index (κ1) is 43.8. The number of hydrogen-bond donors (Lipinski definition) is 0. The highest BCUT2D eigenvalue weighted by Crippen LogP contribution is 2.82. The molecule has 414 valence electrons. The molecule has 4 bridgehead atoms. The Morgan fingerprint density at radius 2 is 0.703 bits per heavy atom. The van der Waals surface area contributed by atoms with E-state index >= 15 is 0 Å². The Hall–Kier alpha value is -10.8. The van der Waals surface area contributed by atoms with Crippen LogP contribution in [-0.4, -0.2) is 28.7 Å². The highest BCUT2D eigenvalue weighted by molar-refractivity contribution is 6.46. The largest absolute Gasteiger partial charge is 0.305 e. The molecule has 0 radical (unpaired) electrons. The maximum absolute atomic E-state index is 5.96. The van der Waals surface area contributed by atoms with Gasteiger partial charge in [-0.25, -0.2) is 0 Å². The molecule has 6 nitrogen and oxygen atoms in total. The summed E-state index contributed by atoms with van der Waals surface area (Å²) in [5.41, 5.74) is 38.3. The third-order valence-electron chi connectivity index (χ3n) is 27.0. The zero-order valence-corrected chi connectivity index (χ0v) is 48.6. The summed E-state index contributed by atoms with van der Waals surface area (Å²) >= 11 is 0. The summed E-state index contributed by atoms with van der Waals surface area (Å²) in [7, 11) is 0. The number of fused-ring (bicyclic) bond motifs is 36. The number of rotatable bonds is 0. The maximum atomic E-state index is 5.96. The van der Waals surface area contributed by atoms with E-state index < -0.39 is 0 Å². The summed E-state index contributed by atoms with van der Waals surface area (Å²) in [5, 5.41) is 10.8. The van der Waals surface area contributed by atoms with E-state index in [1.165, 1.54) is 205 Å². The van der Waals surface area contributed by atoms with Crippen LogP contribution in [-0.2, 0) is 21.7 Å². The lowest BCUT2D eigenvalue weighted by atomic mass is 9.40. The molecule has 0 amide bonds. The summed E-state index contributed by atoms with van der Waals surface area (Å²) in [6.45, 7) is 0. The number of pyridine rings is 4. The molecule has 8 aromatic heterocycles. The summed E-state index contributed by atoms with van der Waals surface area (Å²) in [6.07, 6.45) is 21.3. The standard InChI is InChI=1S/C85H44N6/c1-3-20-41-39(18-1)57-40-19-2-4-21-42(40)58(41)76-63(57)59-53(34-86-76)90-56-37-89-81-70(73-47-26-9-14-31-52(47)85(73)38-17-15-16-32-82(81,85)33-38)62(56)67-66-61-55(36-88-78-69(61)72-44-23-6-11-28-49(44)84(72)51-30-13-8-25-46(51)75(78)84)91-54-35-87-77-68(60(54)65(80(66)91)64(59)79(67)90)71-43-22-5-10-27-48(43)83(71)50-29-12-7-24-45(50)74(77)83/h1-37,57-58,71-75H. The number of hydrogen-bond acceptors (Lipinski definition) is 4. The molecule has 91 heavy (non-hydrogen) atoms. The van der Waals surface area contributed by atoms with E-state index in [1.54, 1.807) is 0 Å². The Balaban J connectivity index is 0.896. The van der Waals surface area contributed by atoms with E-state index in [9.17, 15) is 0 Å². The molecule has 6 heteroatoms. The van der Waals surface area contributed by atoms with Gasteiger partial charge in [-0.3, -0.25) is 19.9 Å². The van der Waals surface area contributed by atoms with Crippen LogP contribution in [0.15, 0.2) is 231 Å². The molecule has 0 aliphatic heterocycles. The molecule has 8 aromatic carbocycles. The van der Waals surface area contributed by atoms with Crippen LogP contribution in [0.3, 0.4) is 0 Å². The van der Waals surface area contributed by atoms with E-state index in [1.807, 2.05) is 0 Å². The van der Waals surface area contributed by atoms with Crippen molar-refractivity contribution in [2.24, 2.45) is 0 Å². The molecule has 0 N–H and O–H groups in total. The van der Waals surface area contributed by atoms with Crippen molar-refractivity contribution in [2.75, 3.05) is 0 Å². The summed E-state index contributed by atoms with van der Waals surface area (Å²) in [5.74, 6) is 0.710. The molecule has 0 saturated heterocycles. The van der Waals surface area contributed by atoms with Crippen molar-refractivity contribution in [3.05, 3.63) is 354 Å². The molecule has 9 unspecified atom stereocenters. The minimum atomic E-state index is -0.387. The van der Waals surface area contributed by atoms with E-state index in [2.05, 4.69) is 234 Å². The summed E-state index contributed by atoms with van der Waals surface area (Å²) in [6, 6.07) is 65.6. The normalized spacial score (nSPS) is 28.7. The molecule has 8 heterocycles. The van der Waals surface area contributed by atoms with Crippen LogP contribution in [0.25, 0.3) is 76.2 Å². The van der Waals surface area contributed by atoms with Crippen LogP contribution in [0.4, 0.5) is 0 Å². The van der Waals surface area contributed by atoms with E-state index in [4.69, 9.17) is 19.9 Å². The van der Waals surface area contributed by atoms with Crippen molar-refractivity contribution >= 4 is 76.2 Å². The maximum Gasteiger partial charge on any atom is 0.0729 e. The lowest BCUT2D eigenvalue weighted by molar-refractivity contribution is 0.282. The van der Waals surface area contributed by atoms with Crippen LogP contribution >= 0.6 is 0 Å². The summed E-state index contributed by atoms with van der Waals surface area (Å²) in [4.78, 5) is 23.7. The monoisotopic (exact) mass is 1150 g/mol. The topological polar surface area (TPSA) is 60.4 Å². The second-order valence-corrected chi connectivity index (χ2v) is 29.1. The van der Waals surface area contributed by atoms with Gasteiger partial charge in [0.25, 0.3) is 0 Å². The molecule has 0 fully saturated rings. The van der Waals surface area contributed by atoms with Gasteiger partial charge in [-0.1, -0.05) is 200 Å². The predicted octanol–water partition coefficient (Wildman–Crippen LogP) is 17.0. The van der Waals surface area contributed by atoms with Gasteiger partial charge in [-0.15, -0.1) is 0 Å². The fourth-order valence-electron chi connectivity index (χ4n) is 24.7. The third-order valence-corrected chi connectivity index (χ3v) is 27.0. The van der Waals surface area contributed by atoms with Crippen molar-refractivity contribution in [3.8, 4) is 0 Å². The number of aromatic nitrogens is 6. The average molecular weight is 1150 g/mol. The minimum Gasteiger partial charge on any atom is -0.305 e. The lowest BCUT2D eigenvalue weighted by Gasteiger charge is -2.61. The summed E-state index contributed by atoms with van der Waals surface area (Å²) < 4.78 is 5.44. The van der Waals surface area contributed by atoms with Gasteiger partial charge < -0.3 is 8.80 Å². The van der Waals surface area contributed by atoms with Gasteiger partial charge in [0.1, 0.15) is 0 Å². The highest BCUT2D eigenvalue weighted by Gasteiger charge is 2.76. The van der Waals surface area contributed by atoms with E-state index in [0.29, 0.717) is 0 Å². The molecule has 4 spiro atoms. The van der Waals surface area contributed by atoms with Gasteiger partial charge >= 0.3 is 0 Å². The van der Waals surface area contributed by atoms with Crippen LogP contribution in [0.5, 0.6) is 0 Å². The molecule has 9 atom stereocenters. The van der Waals surface area contributed by atoms with Crippen molar-refractivity contribution < 1.29 is 0 Å². The van der Waals surface area contributed by atoms with Gasteiger partial charge in [0.05, 0.1) is 92.0 Å². The zero-order chi connectivity index (χ0) is 57.5. The van der Waals surface area contributed by atoms with Crippen LogP contribution in [0.2, 0.25) is 0 Å². The van der Waals surface area contributed by atoms with Crippen LogP contribution in [0.1, 0.15) is 164 Å². The molecule has 0 saturated carbocycles. The number of allylic oxidation sites excluding steroid dienone is 6. The fraction of sp³-hybridized carbons (Fsp3) is 0.129.